The summed E-state index contributed by atoms with van der Waals surface area (Å²) in [4.78, 5) is 36.0. The Labute approximate surface area is 198 Å². The first-order valence-electron chi connectivity index (χ1n) is 10.7. The molecular weight excluding hydrogens is 490 g/mol. The largest absolute Gasteiger partial charge is 0.488 e. The second-order valence-corrected chi connectivity index (χ2v) is 9.33. The number of hydrogen-bond acceptors (Lipinski definition) is 6. The lowest BCUT2D eigenvalue weighted by Gasteiger charge is -2.37. The van der Waals surface area contributed by atoms with E-state index in [0.717, 1.165) is 23.4 Å². The Morgan fingerprint density at radius 3 is 2.24 bits per heavy atom. The molecule has 0 unspecified atom stereocenters. The molecular formula is C24H20BrN3O5. The van der Waals surface area contributed by atoms with Crippen molar-refractivity contribution in [3.05, 3.63) is 80.3 Å². The summed E-state index contributed by atoms with van der Waals surface area (Å²) in [5.41, 5.74) is 1.54. The average molecular weight is 510 g/mol. The molecule has 6 rings (SSSR count). The lowest BCUT2D eigenvalue weighted by atomic mass is 9.63. The molecule has 33 heavy (non-hydrogen) atoms. The molecule has 2 aromatic rings. The van der Waals surface area contributed by atoms with Crippen LogP contribution in [0.1, 0.15) is 24.0 Å². The van der Waals surface area contributed by atoms with Gasteiger partial charge in [0.1, 0.15) is 12.4 Å². The Balaban J connectivity index is 1.25. The third kappa shape index (κ3) is 3.97. The van der Waals surface area contributed by atoms with Crippen LogP contribution in [0.2, 0.25) is 0 Å². The Morgan fingerprint density at radius 2 is 1.70 bits per heavy atom. The number of non-ortho nitro benzene ring substituents is 1. The summed E-state index contributed by atoms with van der Waals surface area (Å²) in [6.07, 6.45) is 7.58. The molecule has 9 heteroatoms. The van der Waals surface area contributed by atoms with Gasteiger partial charge in [-0.25, -0.2) is 0 Å². The van der Waals surface area contributed by atoms with Crippen LogP contribution in [0, 0.1) is 33.8 Å². The third-order valence-electron chi connectivity index (χ3n) is 6.56. The number of nitro groups is 1. The first-order valence-corrected chi connectivity index (χ1v) is 11.5. The van der Waals surface area contributed by atoms with E-state index in [1.54, 1.807) is 30.3 Å². The van der Waals surface area contributed by atoms with Gasteiger partial charge in [-0.15, -0.1) is 0 Å². The van der Waals surface area contributed by atoms with Gasteiger partial charge in [0.2, 0.25) is 0 Å². The molecule has 2 aromatic carbocycles. The van der Waals surface area contributed by atoms with E-state index in [0.29, 0.717) is 15.8 Å². The molecule has 0 aromatic heterocycles. The number of rotatable bonds is 6. The molecule has 1 saturated carbocycles. The number of nitrogens with zero attached hydrogens (tertiary/aromatic N) is 3. The van der Waals surface area contributed by atoms with Crippen molar-refractivity contribution < 1.29 is 19.2 Å². The van der Waals surface area contributed by atoms with Crippen molar-refractivity contribution in [1.82, 2.24) is 5.01 Å². The molecule has 4 aliphatic rings. The van der Waals surface area contributed by atoms with Crippen molar-refractivity contribution in [2.45, 2.75) is 19.4 Å². The van der Waals surface area contributed by atoms with Gasteiger partial charge in [0.25, 0.3) is 17.5 Å². The smallest absolute Gasteiger partial charge is 0.269 e. The summed E-state index contributed by atoms with van der Waals surface area (Å²) >= 11 is 3.47. The van der Waals surface area contributed by atoms with E-state index in [-0.39, 0.29) is 47.8 Å². The summed E-state index contributed by atoms with van der Waals surface area (Å²) < 4.78 is 6.48. The number of fused-ring (bicyclic) bond motifs is 1. The number of carbonyl (C=O) groups is 2. The molecule has 168 valence electrons. The van der Waals surface area contributed by atoms with Gasteiger partial charge < -0.3 is 4.74 Å². The standard InChI is InChI=1S/C24H20BrN3O5/c25-19-11-15(3-10-20(19)33-13-14-1-8-18(9-2-14)28(31)32)12-26-27-23(29)21-16-4-5-17(7-6-16)22(21)24(27)30/h1-5,8-12,16-17,21-22H,6-7,13H2/b26-12-/t16-,17-,21+,22+/m0/s1. The van der Waals surface area contributed by atoms with E-state index in [1.807, 2.05) is 0 Å². The molecule has 4 atom stereocenters. The van der Waals surface area contributed by atoms with E-state index < -0.39 is 4.92 Å². The number of hydrazone groups is 1. The quantitative estimate of drug-likeness (QED) is 0.188. The van der Waals surface area contributed by atoms with E-state index in [1.165, 1.54) is 18.3 Å². The number of hydrogen-bond donors (Lipinski definition) is 0. The summed E-state index contributed by atoms with van der Waals surface area (Å²) in [5, 5.41) is 16.0. The highest BCUT2D eigenvalue weighted by Gasteiger charge is 2.56. The maximum absolute atomic E-state index is 12.9. The Bertz CT molecular complexity index is 1160. The van der Waals surface area contributed by atoms with Gasteiger partial charge in [-0.05, 0) is 82.1 Å². The predicted molar refractivity (Wildman–Crippen MR) is 123 cm³/mol. The highest BCUT2D eigenvalue weighted by atomic mass is 79.9. The van der Waals surface area contributed by atoms with Crippen LogP contribution in [0.4, 0.5) is 5.69 Å². The maximum Gasteiger partial charge on any atom is 0.269 e. The van der Waals surface area contributed by atoms with Crippen molar-refractivity contribution in [3.8, 4) is 5.75 Å². The highest BCUT2D eigenvalue weighted by molar-refractivity contribution is 9.10. The van der Waals surface area contributed by atoms with Crippen LogP contribution in [0.25, 0.3) is 0 Å². The molecule has 0 spiro atoms. The van der Waals surface area contributed by atoms with Gasteiger partial charge in [0.05, 0.1) is 27.4 Å². The predicted octanol–water partition coefficient (Wildman–Crippen LogP) is 4.47. The van der Waals surface area contributed by atoms with Crippen LogP contribution < -0.4 is 4.74 Å². The van der Waals surface area contributed by atoms with Crippen LogP contribution in [0.15, 0.2) is 64.2 Å². The van der Waals surface area contributed by atoms with Crippen molar-refractivity contribution in [2.24, 2.45) is 28.8 Å². The normalized spacial score (nSPS) is 25.7. The molecule has 3 aliphatic carbocycles. The molecule has 2 bridgehead atoms. The van der Waals surface area contributed by atoms with Gasteiger partial charge in [0, 0.05) is 12.1 Å². The zero-order chi connectivity index (χ0) is 23.1. The lowest BCUT2D eigenvalue weighted by Crippen LogP contribution is -2.38. The minimum atomic E-state index is -0.445. The number of ether oxygens (including phenoxy) is 1. The van der Waals surface area contributed by atoms with Gasteiger partial charge in [-0.2, -0.15) is 10.1 Å². The Kier molecular flexibility index (Phi) is 5.57. The fourth-order valence-electron chi connectivity index (χ4n) is 4.89. The second kappa shape index (κ2) is 8.55. The fraction of sp³-hybridized carbons (Fsp3) is 0.292. The van der Waals surface area contributed by atoms with E-state index in [9.17, 15) is 19.7 Å². The Morgan fingerprint density at radius 1 is 1.06 bits per heavy atom. The molecule has 8 nitrogen and oxygen atoms in total. The van der Waals surface area contributed by atoms with Crippen LogP contribution in [0.5, 0.6) is 5.75 Å². The number of carbonyl (C=O) groups excluding carboxylic acids is 2. The Hall–Kier alpha value is -3.33. The first-order chi connectivity index (χ1) is 15.9. The number of benzene rings is 2. The van der Waals surface area contributed by atoms with E-state index >= 15 is 0 Å². The number of halogens is 1. The molecule has 1 heterocycles. The third-order valence-corrected chi connectivity index (χ3v) is 7.18. The van der Waals surface area contributed by atoms with E-state index in [2.05, 4.69) is 33.2 Å². The summed E-state index contributed by atoms with van der Waals surface area (Å²) in [6.45, 7) is 0.250. The van der Waals surface area contributed by atoms with E-state index in [4.69, 9.17) is 4.74 Å². The van der Waals surface area contributed by atoms with Gasteiger partial charge in [-0.3, -0.25) is 19.7 Å². The van der Waals surface area contributed by atoms with Crippen molar-refractivity contribution >= 4 is 39.6 Å². The summed E-state index contributed by atoms with van der Waals surface area (Å²) in [7, 11) is 0. The number of nitro benzene ring substituents is 1. The molecule has 1 aliphatic heterocycles. The topological polar surface area (TPSA) is 102 Å². The van der Waals surface area contributed by atoms with Gasteiger partial charge in [0.15, 0.2) is 0 Å². The molecule has 0 radical (unpaired) electrons. The van der Waals surface area contributed by atoms with Crippen LogP contribution in [-0.2, 0) is 16.2 Å². The molecule has 2 fully saturated rings. The van der Waals surface area contributed by atoms with Crippen LogP contribution in [0.3, 0.4) is 0 Å². The highest BCUT2D eigenvalue weighted by Crippen LogP contribution is 2.49. The molecule has 0 N–H and O–H groups in total. The SMILES string of the molecule is O=C1[C@H]2[C@H](C(=O)N1/N=C\c1ccc(OCc3ccc([N+](=O)[O-])cc3)c(Br)c1)[C@H]1C=C[C@H]2CC1. The van der Waals surface area contributed by atoms with Crippen molar-refractivity contribution in [3.63, 3.8) is 0 Å². The summed E-state index contributed by atoms with van der Waals surface area (Å²) in [5.74, 6) is -0.103. The zero-order valence-corrected chi connectivity index (χ0v) is 19.1. The average Bonchev–Trinajstić information content (AvgIpc) is 3.10. The summed E-state index contributed by atoms with van der Waals surface area (Å²) in [6, 6.07) is 11.5. The lowest BCUT2D eigenvalue weighted by molar-refractivity contribution is -0.384. The maximum atomic E-state index is 12.9. The van der Waals surface area contributed by atoms with Crippen molar-refractivity contribution in [1.29, 1.82) is 0 Å². The van der Waals surface area contributed by atoms with Gasteiger partial charge >= 0.3 is 0 Å². The monoisotopic (exact) mass is 509 g/mol. The minimum Gasteiger partial charge on any atom is -0.488 e. The zero-order valence-electron chi connectivity index (χ0n) is 17.5. The molecule has 2 amide bonds. The van der Waals surface area contributed by atoms with Crippen molar-refractivity contribution in [2.75, 3.05) is 0 Å². The number of amides is 2. The number of allylic oxidation sites excluding steroid dienone is 2. The van der Waals surface area contributed by atoms with Crippen LogP contribution >= 0.6 is 15.9 Å². The van der Waals surface area contributed by atoms with Crippen LogP contribution in [-0.4, -0.2) is 28.0 Å². The first kappa shape index (κ1) is 21.5. The molecule has 1 saturated heterocycles. The number of imide groups is 1. The minimum absolute atomic E-state index is 0.0294. The second-order valence-electron chi connectivity index (χ2n) is 8.48. The fourth-order valence-corrected chi connectivity index (χ4v) is 5.40. The van der Waals surface area contributed by atoms with Gasteiger partial charge in [-0.1, -0.05) is 12.2 Å².